The van der Waals surface area contributed by atoms with Crippen LogP contribution in [-0.2, 0) is 4.74 Å². The number of halogens is 1. The lowest BCUT2D eigenvalue weighted by Crippen LogP contribution is -2.00. The Bertz CT molecular complexity index is 197. The summed E-state index contributed by atoms with van der Waals surface area (Å²) in [6.45, 7) is 9.42. The van der Waals surface area contributed by atoms with E-state index >= 15 is 0 Å². The molecule has 0 saturated carbocycles. The third kappa shape index (κ3) is 10.2. The Morgan fingerprint density at radius 1 is 1.27 bits per heavy atom. The Labute approximate surface area is 103 Å². The van der Waals surface area contributed by atoms with E-state index < -0.39 is 0 Å². The Morgan fingerprint density at radius 2 is 2.00 bits per heavy atom. The maximum Gasteiger partial charge on any atom is 0.0689 e. The third-order valence-corrected chi connectivity index (χ3v) is 2.79. The molecule has 0 bridgehead atoms. The topological polar surface area (TPSA) is 9.23 Å². The second-order valence-electron chi connectivity index (χ2n) is 4.03. The summed E-state index contributed by atoms with van der Waals surface area (Å²) in [7, 11) is 0. The summed E-state index contributed by atoms with van der Waals surface area (Å²) in [5, 5.41) is 0. The van der Waals surface area contributed by atoms with Crippen LogP contribution in [0.15, 0.2) is 22.7 Å². The van der Waals surface area contributed by atoms with E-state index in [4.69, 9.17) is 4.74 Å². The molecule has 0 atom stereocenters. The van der Waals surface area contributed by atoms with Gasteiger partial charge in [0.05, 0.1) is 13.2 Å². The normalized spacial score (nSPS) is 11.8. The largest absolute Gasteiger partial charge is 0.373 e. The first-order valence-corrected chi connectivity index (χ1v) is 6.62. The fourth-order valence-electron chi connectivity index (χ4n) is 1.29. The van der Waals surface area contributed by atoms with Gasteiger partial charge in [0, 0.05) is 0 Å². The van der Waals surface area contributed by atoms with E-state index in [2.05, 4.69) is 29.4 Å². The van der Waals surface area contributed by atoms with E-state index in [0.29, 0.717) is 6.61 Å². The first-order valence-electron chi connectivity index (χ1n) is 5.71. The second kappa shape index (κ2) is 10.4. The van der Waals surface area contributed by atoms with E-state index in [9.17, 15) is 0 Å². The van der Waals surface area contributed by atoms with Crippen LogP contribution in [0.25, 0.3) is 0 Å². The standard InChI is InChI=1S/C13H23BrO/c1-4-5-6-7-8-13(9-14)11-15-10-12(2)3/h9H,2,4-8,10-11H2,1,3H3/b13-9-. The van der Waals surface area contributed by atoms with Gasteiger partial charge in [-0.2, -0.15) is 0 Å². The van der Waals surface area contributed by atoms with Crippen molar-refractivity contribution in [2.45, 2.75) is 46.0 Å². The van der Waals surface area contributed by atoms with Crippen molar-refractivity contribution < 1.29 is 4.74 Å². The molecule has 0 amide bonds. The van der Waals surface area contributed by atoms with Gasteiger partial charge >= 0.3 is 0 Å². The molecule has 1 nitrogen and oxygen atoms in total. The average molecular weight is 275 g/mol. The minimum atomic E-state index is 0.666. The molecule has 0 aromatic carbocycles. The van der Waals surface area contributed by atoms with Crippen LogP contribution in [0, 0.1) is 0 Å². The highest BCUT2D eigenvalue weighted by Crippen LogP contribution is 2.12. The van der Waals surface area contributed by atoms with Crippen LogP contribution in [0.5, 0.6) is 0 Å². The summed E-state index contributed by atoms with van der Waals surface area (Å²) >= 11 is 3.39. The first kappa shape index (κ1) is 14.9. The van der Waals surface area contributed by atoms with Crippen LogP contribution in [0.3, 0.4) is 0 Å². The quantitative estimate of drug-likeness (QED) is 0.432. The monoisotopic (exact) mass is 274 g/mol. The molecule has 0 unspecified atom stereocenters. The minimum absolute atomic E-state index is 0.666. The van der Waals surface area contributed by atoms with E-state index in [1.807, 2.05) is 11.9 Å². The van der Waals surface area contributed by atoms with Gasteiger partial charge in [-0.3, -0.25) is 0 Å². The van der Waals surface area contributed by atoms with Gasteiger partial charge < -0.3 is 4.74 Å². The zero-order chi connectivity index (χ0) is 11.5. The third-order valence-electron chi connectivity index (χ3n) is 2.14. The van der Waals surface area contributed by atoms with Gasteiger partial charge in [0.25, 0.3) is 0 Å². The first-order chi connectivity index (χ1) is 7.20. The van der Waals surface area contributed by atoms with Gasteiger partial charge in [-0.05, 0) is 30.3 Å². The summed E-state index contributed by atoms with van der Waals surface area (Å²) in [5.74, 6) is 0. The Balaban J connectivity index is 3.52. The SMILES string of the molecule is C=C(C)COC/C(=C\Br)CCCCCC. The lowest BCUT2D eigenvalue weighted by molar-refractivity contribution is 0.178. The summed E-state index contributed by atoms with van der Waals surface area (Å²) in [6, 6.07) is 0. The molecular formula is C13H23BrO. The fourth-order valence-corrected chi connectivity index (χ4v) is 1.65. The molecule has 2 heteroatoms. The van der Waals surface area contributed by atoms with Crippen molar-refractivity contribution in [2.24, 2.45) is 0 Å². The van der Waals surface area contributed by atoms with E-state index in [-0.39, 0.29) is 0 Å². The molecule has 0 aliphatic heterocycles. The van der Waals surface area contributed by atoms with Gasteiger partial charge in [-0.15, -0.1) is 0 Å². The maximum atomic E-state index is 5.51. The van der Waals surface area contributed by atoms with Crippen molar-refractivity contribution >= 4 is 15.9 Å². The smallest absolute Gasteiger partial charge is 0.0689 e. The minimum Gasteiger partial charge on any atom is -0.373 e. The molecule has 0 fully saturated rings. The maximum absolute atomic E-state index is 5.51. The number of hydrogen-bond acceptors (Lipinski definition) is 1. The van der Waals surface area contributed by atoms with Crippen LogP contribution in [0.1, 0.15) is 46.0 Å². The van der Waals surface area contributed by atoms with Crippen molar-refractivity contribution in [1.82, 2.24) is 0 Å². The van der Waals surface area contributed by atoms with Crippen molar-refractivity contribution in [3.8, 4) is 0 Å². The van der Waals surface area contributed by atoms with Crippen LogP contribution in [-0.4, -0.2) is 13.2 Å². The summed E-state index contributed by atoms with van der Waals surface area (Å²) in [5.41, 5.74) is 2.42. The number of ether oxygens (including phenoxy) is 1. The molecular weight excluding hydrogens is 252 g/mol. The summed E-state index contributed by atoms with van der Waals surface area (Å²) in [4.78, 5) is 2.00. The number of unbranched alkanes of at least 4 members (excludes halogenated alkanes) is 3. The molecule has 0 rings (SSSR count). The molecule has 0 N–H and O–H groups in total. The van der Waals surface area contributed by atoms with Gasteiger partial charge in [-0.1, -0.05) is 54.3 Å². The van der Waals surface area contributed by atoms with Gasteiger partial charge in [0.1, 0.15) is 0 Å². The number of hydrogen-bond donors (Lipinski definition) is 0. The van der Waals surface area contributed by atoms with E-state index in [1.54, 1.807) is 0 Å². The lowest BCUT2D eigenvalue weighted by atomic mass is 10.1. The molecule has 0 spiro atoms. The highest BCUT2D eigenvalue weighted by atomic mass is 79.9. The zero-order valence-corrected chi connectivity index (χ0v) is 11.6. The predicted octanol–water partition coefficient (Wildman–Crippen LogP) is 4.83. The van der Waals surface area contributed by atoms with Crippen LogP contribution >= 0.6 is 15.9 Å². The molecule has 88 valence electrons. The van der Waals surface area contributed by atoms with Crippen LogP contribution in [0.2, 0.25) is 0 Å². The molecule has 0 aromatic rings. The van der Waals surface area contributed by atoms with Crippen molar-refractivity contribution in [3.05, 3.63) is 22.7 Å². The zero-order valence-electron chi connectivity index (χ0n) is 10.0. The molecule has 0 aromatic heterocycles. The molecule has 0 aliphatic carbocycles. The lowest BCUT2D eigenvalue weighted by Gasteiger charge is -2.07. The second-order valence-corrected chi connectivity index (χ2v) is 4.49. The van der Waals surface area contributed by atoms with Crippen LogP contribution < -0.4 is 0 Å². The molecule has 0 aliphatic rings. The Kier molecular flexibility index (Phi) is 10.4. The van der Waals surface area contributed by atoms with Gasteiger partial charge in [-0.25, -0.2) is 0 Å². The van der Waals surface area contributed by atoms with Gasteiger partial charge in [0.15, 0.2) is 0 Å². The van der Waals surface area contributed by atoms with E-state index in [1.165, 1.54) is 31.3 Å². The predicted molar refractivity (Wildman–Crippen MR) is 71.4 cm³/mol. The molecule has 0 saturated heterocycles. The van der Waals surface area contributed by atoms with Gasteiger partial charge in [0.2, 0.25) is 0 Å². The Hall–Kier alpha value is -0.0800. The summed E-state index contributed by atoms with van der Waals surface area (Å²) < 4.78 is 5.51. The average Bonchev–Trinajstić information content (AvgIpc) is 2.21. The fraction of sp³-hybridized carbons (Fsp3) is 0.692. The van der Waals surface area contributed by atoms with Crippen molar-refractivity contribution in [2.75, 3.05) is 13.2 Å². The highest BCUT2D eigenvalue weighted by molar-refractivity contribution is 9.11. The van der Waals surface area contributed by atoms with Crippen molar-refractivity contribution in [3.63, 3.8) is 0 Å². The molecule has 0 heterocycles. The summed E-state index contributed by atoms with van der Waals surface area (Å²) in [6.07, 6.45) is 6.35. The highest BCUT2D eigenvalue weighted by Gasteiger charge is 1.98. The van der Waals surface area contributed by atoms with Crippen molar-refractivity contribution in [1.29, 1.82) is 0 Å². The molecule has 15 heavy (non-hydrogen) atoms. The number of rotatable bonds is 9. The molecule has 0 radical (unpaired) electrons. The Morgan fingerprint density at radius 3 is 2.53 bits per heavy atom. The van der Waals surface area contributed by atoms with E-state index in [0.717, 1.165) is 18.6 Å². The van der Waals surface area contributed by atoms with Crippen LogP contribution in [0.4, 0.5) is 0 Å².